The zero-order chi connectivity index (χ0) is 24.7. The number of anilines is 1. The van der Waals surface area contributed by atoms with Crippen molar-refractivity contribution in [3.63, 3.8) is 0 Å². The lowest BCUT2D eigenvalue weighted by molar-refractivity contribution is -0.123. The number of rotatable bonds is 8. The molecule has 0 spiro atoms. The molecule has 0 saturated heterocycles. The summed E-state index contributed by atoms with van der Waals surface area (Å²) in [4.78, 5) is 19.8. The molecule has 3 N–H and O–H groups in total. The molecule has 2 aromatic carbocycles. The molecule has 0 saturated carbocycles. The lowest BCUT2D eigenvalue weighted by atomic mass is 9.74. The quantitative estimate of drug-likeness (QED) is 0.285. The number of H-pyrrole nitrogens is 2. The molecule has 36 heavy (non-hydrogen) atoms. The first-order chi connectivity index (χ1) is 17.7. The summed E-state index contributed by atoms with van der Waals surface area (Å²) in [6, 6.07) is 15.0. The van der Waals surface area contributed by atoms with Gasteiger partial charge in [0.25, 0.3) is 0 Å². The molecule has 1 atom stereocenters. The maximum absolute atomic E-state index is 14.0. The van der Waals surface area contributed by atoms with Crippen molar-refractivity contribution in [1.82, 2.24) is 20.5 Å². The third-order valence-electron chi connectivity index (χ3n) is 8.22. The first-order valence-corrected chi connectivity index (χ1v) is 13.4. The summed E-state index contributed by atoms with van der Waals surface area (Å²) >= 11 is 0. The summed E-state index contributed by atoms with van der Waals surface area (Å²) in [5, 5.41) is 12.4. The molecule has 0 radical (unpaired) electrons. The second-order valence-corrected chi connectivity index (χ2v) is 10.3. The Labute approximate surface area is 212 Å². The zero-order valence-electron chi connectivity index (χ0n) is 21.3. The Morgan fingerprint density at radius 1 is 1.08 bits per heavy atom. The summed E-state index contributed by atoms with van der Waals surface area (Å²) in [5.41, 5.74) is 9.10. The number of amides is 1. The molecule has 0 fully saturated rings. The van der Waals surface area contributed by atoms with Crippen molar-refractivity contribution in [3.05, 3.63) is 70.9 Å². The van der Waals surface area contributed by atoms with E-state index >= 15 is 0 Å². The van der Waals surface area contributed by atoms with Crippen molar-refractivity contribution in [2.75, 3.05) is 18.0 Å². The Hall–Kier alpha value is -3.38. The van der Waals surface area contributed by atoms with E-state index in [0.717, 1.165) is 68.5 Å². The topological polar surface area (TPSA) is 76.8 Å². The highest BCUT2D eigenvalue weighted by atomic mass is 16.2. The van der Waals surface area contributed by atoms with Crippen molar-refractivity contribution in [2.24, 2.45) is 0 Å². The Balaban J connectivity index is 1.39. The van der Waals surface area contributed by atoms with Crippen LogP contribution in [0.3, 0.4) is 0 Å². The summed E-state index contributed by atoms with van der Waals surface area (Å²) in [5.74, 6) is 0.262. The van der Waals surface area contributed by atoms with Crippen molar-refractivity contribution in [2.45, 2.75) is 64.3 Å². The van der Waals surface area contributed by atoms with Gasteiger partial charge in [0.15, 0.2) is 0 Å². The van der Waals surface area contributed by atoms with Crippen molar-refractivity contribution in [1.29, 1.82) is 0 Å². The highest BCUT2D eigenvalue weighted by Gasteiger charge is 2.49. The Morgan fingerprint density at radius 2 is 1.94 bits per heavy atom. The van der Waals surface area contributed by atoms with Crippen LogP contribution in [0.2, 0.25) is 0 Å². The predicted molar refractivity (Wildman–Crippen MR) is 145 cm³/mol. The highest BCUT2D eigenvalue weighted by molar-refractivity contribution is 6.11. The second kappa shape index (κ2) is 9.25. The van der Waals surface area contributed by atoms with Crippen LogP contribution >= 0.6 is 0 Å². The standard InChI is InChI=1S/C30H35N5O/c1-3-13-30(14-15-31-18-20-9-6-5-7-10-20)24-17-25-23(16-26(24)35(4-2)29(30)36)22-12-8-11-21-19-32-34-27(21)28(22)33-25/h5-7,9-10,16-17,19,31,33H,3-4,8,11-15,18H2,1-2H3,(H,32,34). The molecule has 1 unspecified atom stereocenters. The number of nitrogens with zero attached hydrogens (tertiary/aromatic N) is 2. The van der Waals surface area contributed by atoms with Crippen LogP contribution in [0.4, 0.5) is 5.69 Å². The van der Waals surface area contributed by atoms with Gasteiger partial charge in [-0.2, -0.15) is 5.10 Å². The molecule has 2 aromatic heterocycles. The van der Waals surface area contributed by atoms with E-state index in [4.69, 9.17) is 0 Å². The zero-order valence-corrected chi connectivity index (χ0v) is 21.3. The molecule has 6 rings (SSSR count). The van der Waals surface area contributed by atoms with Gasteiger partial charge >= 0.3 is 0 Å². The summed E-state index contributed by atoms with van der Waals surface area (Å²) in [6.45, 7) is 6.59. The van der Waals surface area contributed by atoms with Crippen molar-refractivity contribution < 1.29 is 4.79 Å². The lowest BCUT2D eigenvalue weighted by Gasteiger charge is -2.29. The molecule has 6 nitrogen and oxygen atoms in total. The maximum atomic E-state index is 14.0. The number of aromatic amines is 2. The van der Waals surface area contributed by atoms with Gasteiger partial charge in [-0.25, -0.2) is 0 Å². The van der Waals surface area contributed by atoms with Crippen LogP contribution in [0.5, 0.6) is 0 Å². The number of nitrogens with one attached hydrogen (secondary N) is 3. The fourth-order valence-corrected chi connectivity index (χ4v) is 6.50. The van der Waals surface area contributed by atoms with Crippen LogP contribution in [-0.4, -0.2) is 34.2 Å². The minimum Gasteiger partial charge on any atom is -0.353 e. The molecule has 6 heteroatoms. The Kier molecular flexibility index (Phi) is 5.92. The van der Waals surface area contributed by atoms with Gasteiger partial charge in [-0.1, -0.05) is 43.7 Å². The van der Waals surface area contributed by atoms with E-state index in [1.54, 1.807) is 0 Å². The fraction of sp³-hybridized carbons (Fsp3) is 0.400. The van der Waals surface area contributed by atoms with Crippen molar-refractivity contribution >= 4 is 22.5 Å². The van der Waals surface area contributed by atoms with Gasteiger partial charge in [-0.3, -0.25) is 9.89 Å². The van der Waals surface area contributed by atoms with Crippen LogP contribution in [0.25, 0.3) is 22.3 Å². The Morgan fingerprint density at radius 3 is 2.75 bits per heavy atom. The van der Waals surface area contributed by atoms with Gasteiger partial charge in [0.1, 0.15) is 0 Å². The smallest absolute Gasteiger partial charge is 0.237 e. The summed E-state index contributed by atoms with van der Waals surface area (Å²) in [7, 11) is 0. The van der Waals surface area contributed by atoms with Crippen LogP contribution in [0.15, 0.2) is 48.7 Å². The van der Waals surface area contributed by atoms with E-state index in [0.29, 0.717) is 6.54 Å². The number of carbonyl (C=O) groups is 1. The van der Waals surface area contributed by atoms with E-state index in [9.17, 15) is 4.79 Å². The molecule has 0 bridgehead atoms. The van der Waals surface area contributed by atoms with E-state index < -0.39 is 5.41 Å². The number of hydrogen-bond acceptors (Lipinski definition) is 3. The molecule has 2 aliphatic rings. The number of aryl methyl sites for hydroxylation is 2. The fourth-order valence-electron chi connectivity index (χ4n) is 6.50. The van der Waals surface area contributed by atoms with Gasteiger partial charge in [0.05, 0.1) is 23.0 Å². The number of aromatic nitrogens is 3. The van der Waals surface area contributed by atoms with Crippen molar-refractivity contribution in [3.8, 4) is 11.4 Å². The molecule has 3 heterocycles. The first kappa shape index (κ1) is 23.0. The third kappa shape index (κ3) is 3.58. The van der Waals surface area contributed by atoms with Crippen LogP contribution in [0.1, 0.15) is 61.8 Å². The number of benzene rings is 2. The van der Waals surface area contributed by atoms with Crippen LogP contribution < -0.4 is 10.2 Å². The SMILES string of the molecule is CCCC1(CCNCc2ccccc2)C(=O)N(CC)c2cc3c4c([nH]c3cc21)-c1[nH]ncc1CCC4. The van der Waals surface area contributed by atoms with Crippen LogP contribution in [0, 0.1) is 0 Å². The molecule has 1 aliphatic heterocycles. The summed E-state index contributed by atoms with van der Waals surface area (Å²) in [6.07, 6.45) is 7.76. The predicted octanol–water partition coefficient (Wildman–Crippen LogP) is 5.63. The second-order valence-electron chi connectivity index (χ2n) is 10.3. The molecular formula is C30H35N5O. The minimum absolute atomic E-state index is 0.262. The normalized spacial score (nSPS) is 18.8. The molecule has 1 amide bonds. The monoisotopic (exact) mass is 481 g/mol. The lowest BCUT2D eigenvalue weighted by Crippen LogP contribution is -2.42. The first-order valence-electron chi connectivity index (χ1n) is 13.4. The van der Waals surface area contributed by atoms with E-state index in [1.807, 2.05) is 17.2 Å². The third-order valence-corrected chi connectivity index (χ3v) is 8.22. The highest BCUT2D eigenvalue weighted by Crippen LogP contribution is 2.49. The van der Waals surface area contributed by atoms with E-state index in [1.165, 1.54) is 33.3 Å². The molecule has 4 aromatic rings. The largest absolute Gasteiger partial charge is 0.353 e. The number of hydrogen-bond donors (Lipinski definition) is 3. The number of likely N-dealkylation sites (N-methyl/N-ethyl adjacent to an activating group) is 1. The van der Waals surface area contributed by atoms with Gasteiger partial charge in [-0.15, -0.1) is 0 Å². The molecule has 1 aliphatic carbocycles. The number of carbonyl (C=O) groups excluding carboxylic acids is 1. The molecular weight excluding hydrogens is 446 g/mol. The molecule has 186 valence electrons. The average Bonchev–Trinajstić information content (AvgIpc) is 3.52. The minimum atomic E-state index is -0.486. The Bertz CT molecular complexity index is 1400. The summed E-state index contributed by atoms with van der Waals surface area (Å²) < 4.78 is 0. The van der Waals surface area contributed by atoms with Gasteiger partial charge < -0.3 is 15.2 Å². The maximum Gasteiger partial charge on any atom is 0.237 e. The van der Waals surface area contributed by atoms with Gasteiger partial charge in [-0.05, 0) is 80.0 Å². The average molecular weight is 482 g/mol. The number of fused-ring (bicyclic) bond motifs is 6. The van der Waals surface area contributed by atoms with E-state index in [-0.39, 0.29) is 5.91 Å². The van der Waals surface area contributed by atoms with Gasteiger partial charge in [0, 0.05) is 29.7 Å². The van der Waals surface area contributed by atoms with E-state index in [2.05, 4.69) is 70.7 Å². The van der Waals surface area contributed by atoms with Gasteiger partial charge in [0.2, 0.25) is 5.91 Å². The van der Waals surface area contributed by atoms with Crippen LogP contribution in [-0.2, 0) is 29.6 Å².